The molecule has 0 saturated heterocycles. The van der Waals surface area contributed by atoms with E-state index in [1.807, 2.05) is 37.4 Å². The highest BCUT2D eigenvalue weighted by Crippen LogP contribution is 2.27. The molecule has 2 aromatic heterocycles. The third kappa shape index (κ3) is 2.73. The predicted molar refractivity (Wildman–Crippen MR) is 87.9 cm³/mol. The summed E-state index contributed by atoms with van der Waals surface area (Å²) in [7, 11) is 1.98. The number of rotatable bonds is 6. The zero-order valence-electron chi connectivity index (χ0n) is 12.0. The summed E-state index contributed by atoms with van der Waals surface area (Å²) in [5, 5.41) is 16.1. The standard InChI is InChI=1S/C14H15N5O2S/c1-17(11-5-3-2-4-6-11)8-7-15-12-13(19(20)21)18-9-10-22-14(18)16-12/h2-6,9-10,15H,7-8H2,1H3. The third-order valence-electron chi connectivity index (χ3n) is 3.35. The molecule has 0 radical (unpaired) electrons. The van der Waals surface area contributed by atoms with Crippen LogP contribution in [0.25, 0.3) is 4.96 Å². The normalized spacial score (nSPS) is 10.8. The van der Waals surface area contributed by atoms with Crippen LogP contribution in [-0.4, -0.2) is 34.4 Å². The summed E-state index contributed by atoms with van der Waals surface area (Å²) in [4.78, 5) is 17.8. The Morgan fingerprint density at radius 2 is 2.18 bits per heavy atom. The van der Waals surface area contributed by atoms with E-state index in [0.717, 1.165) is 5.69 Å². The van der Waals surface area contributed by atoms with Gasteiger partial charge >= 0.3 is 5.82 Å². The molecule has 2 heterocycles. The average Bonchev–Trinajstić information content (AvgIpc) is 3.08. The number of thiazole rings is 1. The van der Waals surface area contributed by atoms with E-state index >= 15 is 0 Å². The van der Waals surface area contributed by atoms with Crippen LogP contribution in [0.4, 0.5) is 17.3 Å². The number of hydrogen-bond acceptors (Lipinski definition) is 6. The molecule has 0 amide bonds. The molecule has 0 aliphatic carbocycles. The minimum Gasteiger partial charge on any atom is -0.373 e. The molecule has 8 heteroatoms. The smallest absolute Gasteiger partial charge is 0.372 e. The lowest BCUT2D eigenvalue weighted by atomic mass is 10.3. The van der Waals surface area contributed by atoms with Gasteiger partial charge in [0.15, 0.2) is 0 Å². The van der Waals surface area contributed by atoms with E-state index in [1.54, 1.807) is 11.6 Å². The zero-order valence-corrected chi connectivity index (χ0v) is 12.8. The fourth-order valence-electron chi connectivity index (χ4n) is 2.22. The Balaban J connectivity index is 1.68. The second-order valence-electron chi connectivity index (χ2n) is 4.78. The molecular weight excluding hydrogens is 302 g/mol. The van der Waals surface area contributed by atoms with Gasteiger partial charge in [0.05, 0.1) is 0 Å². The Bertz CT molecular complexity index is 783. The first-order valence-corrected chi connectivity index (χ1v) is 7.65. The predicted octanol–water partition coefficient (Wildman–Crippen LogP) is 2.85. The van der Waals surface area contributed by atoms with Gasteiger partial charge in [0.25, 0.3) is 4.96 Å². The van der Waals surface area contributed by atoms with E-state index in [4.69, 9.17) is 0 Å². The van der Waals surface area contributed by atoms with Crippen molar-refractivity contribution in [1.29, 1.82) is 0 Å². The van der Waals surface area contributed by atoms with Crippen LogP contribution in [0.2, 0.25) is 0 Å². The van der Waals surface area contributed by atoms with E-state index in [-0.39, 0.29) is 5.82 Å². The van der Waals surface area contributed by atoms with Gasteiger partial charge in [0.2, 0.25) is 5.82 Å². The number of benzene rings is 1. The van der Waals surface area contributed by atoms with Gasteiger partial charge < -0.3 is 20.3 Å². The fourth-order valence-corrected chi connectivity index (χ4v) is 2.93. The largest absolute Gasteiger partial charge is 0.373 e. The molecule has 1 N–H and O–H groups in total. The Labute approximate surface area is 131 Å². The first-order valence-electron chi connectivity index (χ1n) is 6.77. The highest BCUT2D eigenvalue weighted by atomic mass is 32.1. The quantitative estimate of drug-likeness (QED) is 0.559. The van der Waals surface area contributed by atoms with E-state index < -0.39 is 4.92 Å². The maximum atomic E-state index is 11.2. The molecule has 0 aliphatic rings. The maximum Gasteiger partial charge on any atom is 0.372 e. The van der Waals surface area contributed by atoms with Crippen molar-refractivity contribution in [3.63, 3.8) is 0 Å². The Hall–Kier alpha value is -2.61. The van der Waals surface area contributed by atoms with E-state index in [2.05, 4.69) is 15.2 Å². The topological polar surface area (TPSA) is 75.7 Å². The number of fused-ring (bicyclic) bond motifs is 1. The number of nitro groups is 1. The lowest BCUT2D eigenvalue weighted by molar-refractivity contribution is -0.389. The number of nitrogens with one attached hydrogen (secondary N) is 1. The molecule has 0 saturated carbocycles. The molecule has 114 valence electrons. The fraction of sp³-hybridized carbons (Fsp3) is 0.214. The maximum absolute atomic E-state index is 11.2. The monoisotopic (exact) mass is 317 g/mol. The highest BCUT2D eigenvalue weighted by Gasteiger charge is 2.23. The average molecular weight is 317 g/mol. The molecule has 0 fully saturated rings. The minimum atomic E-state index is -0.407. The van der Waals surface area contributed by atoms with Gasteiger partial charge in [0, 0.05) is 31.2 Å². The van der Waals surface area contributed by atoms with Crippen molar-refractivity contribution in [2.45, 2.75) is 0 Å². The molecule has 22 heavy (non-hydrogen) atoms. The number of para-hydroxylation sites is 1. The van der Waals surface area contributed by atoms with Crippen LogP contribution in [-0.2, 0) is 0 Å². The second-order valence-corrected chi connectivity index (χ2v) is 5.65. The van der Waals surface area contributed by atoms with Crippen LogP contribution in [0.15, 0.2) is 41.9 Å². The SMILES string of the molecule is CN(CCNc1nc2sccn2c1[N+](=O)[O-])c1ccccc1. The van der Waals surface area contributed by atoms with Crippen LogP contribution in [0.5, 0.6) is 0 Å². The molecule has 0 spiro atoms. The number of likely N-dealkylation sites (N-methyl/N-ethyl adjacent to an activating group) is 1. The number of nitrogens with zero attached hydrogens (tertiary/aromatic N) is 4. The zero-order chi connectivity index (χ0) is 15.5. The summed E-state index contributed by atoms with van der Waals surface area (Å²) in [6.45, 7) is 1.28. The second kappa shape index (κ2) is 6.02. The van der Waals surface area contributed by atoms with E-state index in [0.29, 0.717) is 23.9 Å². The molecule has 0 aliphatic heterocycles. The molecule has 1 aromatic carbocycles. The van der Waals surface area contributed by atoms with Crippen LogP contribution < -0.4 is 10.2 Å². The third-order valence-corrected chi connectivity index (χ3v) is 4.10. The van der Waals surface area contributed by atoms with Crippen molar-refractivity contribution in [1.82, 2.24) is 9.38 Å². The molecule has 3 aromatic rings. The lowest BCUT2D eigenvalue weighted by Gasteiger charge is -2.19. The van der Waals surface area contributed by atoms with Gasteiger partial charge in [-0.15, -0.1) is 0 Å². The van der Waals surface area contributed by atoms with E-state index in [9.17, 15) is 10.1 Å². The highest BCUT2D eigenvalue weighted by molar-refractivity contribution is 7.15. The Morgan fingerprint density at radius 3 is 2.91 bits per heavy atom. The van der Waals surface area contributed by atoms with Crippen molar-refractivity contribution >= 4 is 33.6 Å². The van der Waals surface area contributed by atoms with Gasteiger partial charge in [-0.25, -0.2) is 0 Å². The van der Waals surface area contributed by atoms with E-state index in [1.165, 1.54) is 15.7 Å². The molecule has 3 rings (SSSR count). The molecule has 0 bridgehead atoms. The van der Waals surface area contributed by atoms with Crippen molar-refractivity contribution in [2.75, 3.05) is 30.4 Å². The first-order chi connectivity index (χ1) is 10.7. The molecule has 0 unspecified atom stereocenters. The lowest BCUT2D eigenvalue weighted by Crippen LogP contribution is -2.24. The summed E-state index contributed by atoms with van der Waals surface area (Å²) in [5.74, 6) is 0.303. The van der Waals surface area contributed by atoms with Crippen LogP contribution >= 0.6 is 11.3 Å². The first kappa shape index (κ1) is 14.3. The summed E-state index contributed by atoms with van der Waals surface area (Å²) in [5.41, 5.74) is 1.10. The summed E-state index contributed by atoms with van der Waals surface area (Å²) >= 11 is 1.37. The number of anilines is 2. The van der Waals surface area contributed by atoms with Crippen LogP contribution in [0.1, 0.15) is 0 Å². The van der Waals surface area contributed by atoms with Crippen molar-refractivity contribution in [3.05, 3.63) is 52.0 Å². The van der Waals surface area contributed by atoms with Gasteiger partial charge in [-0.05, 0) is 17.1 Å². The van der Waals surface area contributed by atoms with Crippen molar-refractivity contribution < 1.29 is 4.92 Å². The van der Waals surface area contributed by atoms with Crippen LogP contribution in [0, 0.1) is 10.1 Å². The molecule has 7 nitrogen and oxygen atoms in total. The van der Waals surface area contributed by atoms with Crippen molar-refractivity contribution in [3.8, 4) is 0 Å². The molecular formula is C14H15N5O2S. The minimum absolute atomic E-state index is 0.0152. The summed E-state index contributed by atoms with van der Waals surface area (Å²) in [6, 6.07) is 9.97. The van der Waals surface area contributed by atoms with Gasteiger partial charge in [0.1, 0.15) is 6.20 Å². The Kier molecular flexibility index (Phi) is 3.92. The van der Waals surface area contributed by atoms with Gasteiger partial charge in [-0.1, -0.05) is 29.5 Å². The number of hydrogen-bond donors (Lipinski definition) is 1. The van der Waals surface area contributed by atoms with Gasteiger partial charge in [-0.2, -0.15) is 9.38 Å². The van der Waals surface area contributed by atoms with Crippen LogP contribution in [0.3, 0.4) is 0 Å². The Morgan fingerprint density at radius 1 is 1.41 bits per heavy atom. The summed E-state index contributed by atoms with van der Waals surface area (Å²) < 4.78 is 1.49. The number of imidazole rings is 1. The van der Waals surface area contributed by atoms with Gasteiger partial charge in [-0.3, -0.25) is 0 Å². The van der Waals surface area contributed by atoms with Crippen molar-refractivity contribution in [2.24, 2.45) is 0 Å². The number of aromatic nitrogens is 2. The summed E-state index contributed by atoms with van der Waals surface area (Å²) in [6.07, 6.45) is 1.66. The molecule has 0 atom stereocenters.